The molecule has 1 amide bonds. The van der Waals surface area contributed by atoms with Crippen molar-refractivity contribution in [2.45, 2.75) is 18.2 Å². The molecule has 1 aromatic rings. The first-order chi connectivity index (χ1) is 8.68. The number of carbonyl (C=O) groups is 1. The van der Waals surface area contributed by atoms with Gasteiger partial charge in [0.05, 0.1) is 5.92 Å². The van der Waals surface area contributed by atoms with Crippen LogP contribution in [-0.2, 0) is 9.67 Å². The lowest BCUT2D eigenvalue weighted by Gasteiger charge is -2.60. The zero-order chi connectivity index (χ0) is 12.8. The maximum Gasteiger partial charge on any atom is 0.234 e. The number of thioether (sulfide) groups is 1. The van der Waals surface area contributed by atoms with E-state index in [-0.39, 0.29) is 16.7 Å². The number of carbonyl (C=O) groups excluding carboxylic acids is 1. The van der Waals surface area contributed by atoms with Gasteiger partial charge in [0.15, 0.2) is 0 Å². The first-order valence-corrected chi connectivity index (χ1v) is 7.33. The van der Waals surface area contributed by atoms with Crippen molar-refractivity contribution in [1.29, 1.82) is 0 Å². The lowest BCUT2D eigenvalue weighted by atomic mass is 9.77. The van der Waals surface area contributed by atoms with E-state index in [1.54, 1.807) is 0 Å². The van der Waals surface area contributed by atoms with Crippen molar-refractivity contribution in [1.82, 2.24) is 4.90 Å². The van der Waals surface area contributed by atoms with Crippen molar-refractivity contribution in [3.63, 3.8) is 0 Å². The van der Waals surface area contributed by atoms with Crippen LogP contribution in [0.3, 0.4) is 0 Å². The van der Waals surface area contributed by atoms with E-state index < -0.39 is 0 Å². The normalized spacial score (nSPS) is 30.6. The molecule has 2 nitrogen and oxygen atoms in total. The van der Waals surface area contributed by atoms with Gasteiger partial charge in [-0.05, 0) is 24.7 Å². The number of hydrogen-bond donors (Lipinski definition) is 0. The summed E-state index contributed by atoms with van der Waals surface area (Å²) in [7, 11) is 0. The second-order valence-electron chi connectivity index (χ2n) is 5.03. The average Bonchev–Trinajstić information content (AvgIpc) is 2.38. The lowest BCUT2D eigenvalue weighted by Crippen LogP contribution is -2.68. The summed E-state index contributed by atoms with van der Waals surface area (Å²) in [6.45, 7) is 6.88. The molecular formula is C15H17NOS. The Morgan fingerprint density at radius 1 is 1.44 bits per heavy atom. The molecule has 94 valence electrons. The molecule has 0 spiro atoms. The Bertz CT molecular complexity index is 498. The van der Waals surface area contributed by atoms with Crippen LogP contribution in [0.4, 0.5) is 0 Å². The van der Waals surface area contributed by atoms with E-state index in [0.29, 0.717) is 0 Å². The third-order valence-electron chi connectivity index (χ3n) is 3.83. The van der Waals surface area contributed by atoms with Gasteiger partial charge < -0.3 is 4.90 Å². The highest BCUT2D eigenvalue weighted by Gasteiger charge is 2.62. The van der Waals surface area contributed by atoms with Crippen molar-refractivity contribution in [2.24, 2.45) is 5.92 Å². The molecule has 0 N–H and O–H groups in total. The van der Waals surface area contributed by atoms with Gasteiger partial charge in [-0.3, -0.25) is 4.79 Å². The third kappa shape index (κ3) is 1.40. The van der Waals surface area contributed by atoms with Crippen LogP contribution in [0.15, 0.2) is 42.5 Å². The molecule has 0 aliphatic carbocycles. The number of benzene rings is 1. The summed E-state index contributed by atoms with van der Waals surface area (Å²) >= 11 is 1.90. The number of amides is 1. The van der Waals surface area contributed by atoms with Gasteiger partial charge in [-0.15, -0.1) is 11.8 Å². The zero-order valence-electron chi connectivity index (χ0n) is 10.6. The number of hydrogen-bond acceptors (Lipinski definition) is 2. The van der Waals surface area contributed by atoms with Gasteiger partial charge in [-0.25, -0.2) is 0 Å². The van der Waals surface area contributed by atoms with E-state index in [2.05, 4.69) is 30.8 Å². The van der Waals surface area contributed by atoms with E-state index in [4.69, 9.17) is 0 Å². The minimum Gasteiger partial charge on any atom is -0.322 e. The van der Waals surface area contributed by atoms with Gasteiger partial charge in [-0.1, -0.05) is 42.5 Å². The molecule has 0 bridgehead atoms. The van der Waals surface area contributed by atoms with Crippen molar-refractivity contribution < 1.29 is 4.79 Å². The highest BCUT2D eigenvalue weighted by atomic mass is 32.2. The Labute approximate surface area is 112 Å². The summed E-state index contributed by atoms with van der Waals surface area (Å²) in [6.07, 6.45) is 1.09. The third-order valence-corrected chi connectivity index (χ3v) is 5.46. The topological polar surface area (TPSA) is 20.3 Å². The van der Waals surface area contributed by atoms with Crippen molar-refractivity contribution >= 4 is 17.7 Å². The largest absolute Gasteiger partial charge is 0.322 e. The maximum atomic E-state index is 12.3. The maximum absolute atomic E-state index is 12.3. The minimum atomic E-state index is -0.178. The molecule has 3 heteroatoms. The molecule has 18 heavy (non-hydrogen) atoms. The molecule has 2 aliphatic rings. The van der Waals surface area contributed by atoms with Gasteiger partial charge in [0.2, 0.25) is 5.91 Å². The number of β-lactam (4-membered cyclic amide) rings is 1. The molecular weight excluding hydrogens is 242 g/mol. The lowest BCUT2D eigenvalue weighted by molar-refractivity contribution is -0.158. The molecule has 2 fully saturated rings. The predicted octanol–water partition coefficient (Wildman–Crippen LogP) is 3.01. The van der Waals surface area contributed by atoms with E-state index in [1.165, 1.54) is 5.56 Å². The fourth-order valence-corrected chi connectivity index (χ4v) is 4.79. The molecule has 2 atom stereocenters. The molecule has 0 radical (unpaired) electrons. The Morgan fingerprint density at radius 3 is 2.83 bits per heavy atom. The Balaban J connectivity index is 2.09. The van der Waals surface area contributed by atoms with E-state index in [1.807, 2.05) is 29.7 Å². The van der Waals surface area contributed by atoms with Crippen LogP contribution in [0.2, 0.25) is 0 Å². The highest BCUT2D eigenvalue weighted by Crippen LogP contribution is 2.58. The molecule has 1 aromatic carbocycles. The zero-order valence-corrected chi connectivity index (χ0v) is 11.4. The molecule has 0 saturated carbocycles. The molecule has 0 aromatic heterocycles. The summed E-state index contributed by atoms with van der Waals surface area (Å²) in [5.41, 5.74) is 2.22. The molecule has 0 unspecified atom stereocenters. The Kier molecular flexibility index (Phi) is 2.74. The molecule has 2 saturated heterocycles. The number of fused-ring (bicyclic) bond motifs is 1. The second-order valence-corrected chi connectivity index (χ2v) is 6.35. The van der Waals surface area contributed by atoms with Gasteiger partial charge in [0.1, 0.15) is 4.87 Å². The van der Waals surface area contributed by atoms with Crippen molar-refractivity contribution in [3.8, 4) is 0 Å². The van der Waals surface area contributed by atoms with E-state index >= 15 is 0 Å². The van der Waals surface area contributed by atoms with Crippen molar-refractivity contribution in [2.75, 3.05) is 12.3 Å². The molecule has 2 heterocycles. The number of rotatable bonds is 2. The van der Waals surface area contributed by atoms with Gasteiger partial charge in [0, 0.05) is 6.54 Å². The van der Waals surface area contributed by atoms with E-state index in [9.17, 15) is 4.79 Å². The van der Waals surface area contributed by atoms with Crippen LogP contribution >= 0.6 is 11.8 Å². The molecule has 2 aliphatic heterocycles. The minimum absolute atomic E-state index is 0.0507. The first-order valence-electron chi connectivity index (χ1n) is 6.34. The highest BCUT2D eigenvalue weighted by molar-refractivity contribution is 8.00. The summed E-state index contributed by atoms with van der Waals surface area (Å²) in [5, 5.41) is 0. The van der Waals surface area contributed by atoms with E-state index in [0.717, 1.165) is 24.3 Å². The van der Waals surface area contributed by atoms with Gasteiger partial charge in [0.25, 0.3) is 0 Å². The fraction of sp³-hybridized carbons (Fsp3) is 0.400. The van der Waals surface area contributed by atoms with Crippen LogP contribution in [0.25, 0.3) is 0 Å². The Morgan fingerprint density at radius 2 is 2.17 bits per heavy atom. The standard InChI is InChI=1S/C15H17NOS/c1-11(2)13-14(17)16-9-6-10-18-15(13,16)12-7-4-3-5-8-12/h3-5,7-8,13H,1,6,9-10H2,2H3/t13-,15+/m0/s1. The van der Waals surface area contributed by atoms with Crippen LogP contribution in [0.5, 0.6) is 0 Å². The van der Waals surface area contributed by atoms with Gasteiger partial charge in [-0.2, -0.15) is 0 Å². The van der Waals surface area contributed by atoms with Crippen LogP contribution in [0, 0.1) is 5.92 Å². The fourth-order valence-electron chi connectivity index (χ4n) is 3.09. The summed E-state index contributed by atoms with van der Waals surface area (Å²) in [6, 6.07) is 10.4. The van der Waals surface area contributed by atoms with Crippen LogP contribution in [0.1, 0.15) is 18.9 Å². The molecule has 3 rings (SSSR count). The van der Waals surface area contributed by atoms with Crippen LogP contribution < -0.4 is 0 Å². The van der Waals surface area contributed by atoms with Crippen molar-refractivity contribution in [3.05, 3.63) is 48.0 Å². The summed E-state index contributed by atoms with van der Waals surface area (Å²) in [5.74, 6) is 1.31. The summed E-state index contributed by atoms with van der Waals surface area (Å²) in [4.78, 5) is 14.1. The monoisotopic (exact) mass is 259 g/mol. The smallest absolute Gasteiger partial charge is 0.234 e. The SMILES string of the molecule is C=C(C)[C@H]1C(=O)N2CCCS[C@]12c1ccccc1. The van der Waals surface area contributed by atoms with Gasteiger partial charge >= 0.3 is 0 Å². The van der Waals surface area contributed by atoms with Crippen LogP contribution in [-0.4, -0.2) is 23.1 Å². The average molecular weight is 259 g/mol. The summed E-state index contributed by atoms with van der Waals surface area (Å²) < 4.78 is 0. The predicted molar refractivity (Wildman–Crippen MR) is 75.2 cm³/mol. The Hall–Kier alpha value is -1.22. The quantitative estimate of drug-likeness (QED) is 0.601. The number of nitrogens with zero attached hydrogens (tertiary/aromatic N) is 1. The second kappa shape index (κ2) is 4.16. The first kappa shape index (κ1) is 11.8.